The first-order valence-electron chi connectivity index (χ1n) is 4.00. The molecule has 0 aliphatic heterocycles. The molecule has 0 atom stereocenters. The maximum absolute atomic E-state index is 10.5. The molecule has 0 spiro atoms. The van der Waals surface area contributed by atoms with Crippen LogP contribution in [0, 0.1) is 0 Å². The van der Waals surface area contributed by atoms with Crippen LogP contribution >= 0.6 is 11.6 Å². The SMILES string of the molecule is O=C(O)c1nc(-c2ccc(Cl)cc2)no1. The summed E-state index contributed by atoms with van der Waals surface area (Å²) in [6.45, 7) is 0. The average molecular weight is 225 g/mol. The molecule has 5 nitrogen and oxygen atoms in total. The highest BCUT2D eigenvalue weighted by Gasteiger charge is 2.13. The Balaban J connectivity index is 2.37. The number of halogens is 1. The molecule has 1 heterocycles. The standard InChI is InChI=1S/C9H5ClN2O3/c10-6-3-1-5(2-4-6)7-11-8(9(13)14)15-12-7/h1-4H,(H,13,14). The van der Waals surface area contributed by atoms with E-state index in [1.165, 1.54) is 0 Å². The highest BCUT2D eigenvalue weighted by atomic mass is 35.5. The van der Waals surface area contributed by atoms with E-state index in [4.69, 9.17) is 16.7 Å². The van der Waals surface area contributed by atoms with E-state index >= 15 is 0 Å². The Morgan fingerprint density at radius 1 is 1.33 bits per heavy atom. The van der Waals surface area contributed by atoms with Crippen molar-refractivity contribution in [2.75, 3.05) is 0 Å². The first-order valence-corrected chi connectivity index (χ1v) is 4.37. The molecular weight excluding hydrogens is 220 g/mol. The van der Waals surface area contributed by atoms with Gasteiger partial charge >= 0.3 is 11.9 Å². The average Bonchev–Trinajstić information content (AvgIpc) is 2.68. The van der Waals surface area contributed by atoms with Crippen molar-refractivity contribution in [1.29, 1.82) is 0 Å². The fourth-order valence-corrected chi connectivity index (χ4v) is 1.15. The predicted octanol–water partition coefficient (Wildman–Crippen LogP) is 2.09. The number of hydrogen-bond donors (Lipinski definition) is 1. The maximum atomic E-state index is 10.5. The molecule has 0 aliphatic rings. The molecule has 2 aromatic rings. The van der Waals surface area contributed by atoms with Crippen LogP contribution in [0.1, 0.15) is 10.7 Å². The summed E-state index contributed by atoms with van der Waals surface area (Å²) in [5.41, 5.74) is 0.649. The van der Waals surface area contributed by atoms with Crippen LogP contribution < -0.4 is 0 Å². The lowest BCUT2D eigenvalue weighted by Gasteiger charge is -1.92. The lowest BCUT2D eigenvalue weighted by molar-refractivity contribution is 0.0643. The van der Waals surface area contributed by atoms with E-state index in [1.807, 2.05) is 0 Å². The molecule has 15 heavy (non-hydrogen) atoms. The summed E-state index contributed by atoms with van der Waals surface area (Å²) in [5.74, 6) is -1.45. The molecule has 1 aromatic heterocycles. The van der Waals surface area contributed by atoms with Crippen molar-refractivity contribution >= 4 is 17.6 Å². The molecular formula is C9H5ClN2O3. The monoisotopic (exact) mass is 224 g/mol. The second-order valence-corrected chi connectivity index (χ2v) is 3.17. The van der Waals surface area contributed by atoms with E-state index in [2.05, 4.69) is 14.7 Å². The molecule has 0 amide bonds. The van der Waals surface area contributed by atoms with Crippen LogP contribution in [0.15, 0.2) is 28.8 Å². The Kier molecular flexibility index (Phi) is 2.39. The number of benzene rings is 1. The van der Waals surface area contributed by atoms with Crippen LogP contribution in [0.2, 0.25) is 5.02 Å². The van der Waals surface area contributed by atoms with Gasteiger partial charge in [-0.2, -0.15) is 4.98 Å². The molecule has 0 unspecified atom stereocenters. The van der Waals surface area contributed by atoms with E-state index in [1.54, 1.807) is 24.3 Å². The van der Waals surface area contributed by atoms with Gasteiger partial charge < -0.3 is 9.63 Å². The summed E-state index contributed by atoms with van der Waals surface area (Å²) in [4.78, 5) is 14.2. The van der Waals surface area contributed by atoms with E-state index in [-0.39, 0.29) is 5.82 Å². The van der Waals surface area contributed by atoms with Gasteiger partial charge in [0.05, 0.1) is 0 Å². The first-order chi connectivity index (χ1) is 7.16. The van der Waals surface area contributed by atoms with Gasteiger partial charge in [0.1, 0.15) is 0 Å². The number of rotatable bonds is 2. The molecule has 1 N–H and O–H groups in total. The topological polar surface area (TPSA) is 76.2 Å². The van der Waals surface area contributed by atoms with Gasteiger partial charge in [-0.3, -0.25) is 0 Å². The van der Waals surface area contributed by atoms with Gasteiger partial charge in [-0.05, 0) is 24.3 Å². The normalized spacial score (nSPS) is 10.2. The lowest BCUT2D eigenvalue weighted by Crippen LogP contribution is -1.95. The summed E-state index contributed by atoms with van der Waals surface area (Å²) in [7, 11) is 0. The van der Waals surface area contributed by atoms with E-state index in [0.717, 1.165) is 0 Å². The van der Waals surface area contributed by atoms with Crippen LogP contribution in [0.5, 0.6) is 0 Å². The number of carboxylic acids is 1. The Morgan fingerprint density at radius 2 is 2.00 bits per heavy atom. The zero-order valence-corrected chi connectivity index (χ0v) is 8.10. The highest BCUT2D eigenvalue weighted by molar-refractivity contribution is 6.30. The summed E-state index contributed by atoms with van der Waals surface area (Å²) in [5, 5.41) is 12.7. The molecule has 6 heteroatoms. The third-order valence-electron chi connectivity index (χ3n) is 1.71. The first kappa shape index (κ1) is 9.67. The largest absolute Gasteiger partial charge is 0.474 e. The van der Waals surface area contributed by atoms with Crippen LogP contribution in [-0.4, -0.2) is 21.2 Å². The Bertz CT molecular complexity index is 492. The third kappa shape index (κ3) is 1.97. The Labute approximate surface area is 89.3 Å². The van der Waals surface area contributed by atoms with Crippen LogP contribution in [0.3, 0.4) is 0 Å². The summed E-state index contributed by atoms with van der Waals surface area (Å²) in [6.07, 6.45) is 0. The lowest BCUT2D eigenvalue weighted by atomic mass is 10.2. The number of hydrogen-bond acceptors (Lipinski definition) is 4. The number of carboxylic acid groups (broad SMARTS) is 1. The smallest absolute Gasteiger partial charge is 0.394 e. The van der Waals surface area contributed by atoms with Crippen LogP contribution in [0.4, 0.5) is 0 Å². The highest BCUT2D eigenvalue weighted by Crippen LogP contribution is 2.18. The molecule has 0 saturated heterocycles. The van der Waals surface area contributed by atoms with E-state index < -0.39 is 11.9 Å². The van der Waals surface area contributed by atoms with E-state index in [0.29, 0.717) is 10.6 Å². The second-order valence-electron chi connectivity index (χ2n) is 2.74. The molecule has 76 valence electrons. The molecule has 1 aromatic carbocycles. The van der Waals surface area contributed by atoms with Gasteiger partial charge in [-0.1, -0.05) is 16.8 Å². The molecule has 0 saturated carbocycles. The third-order valence-corrected chi connectivity index (χ3v) is 1.96. The second kappa shape index (κ2) is 3.70. The molecule has 0 aliphatic carbocycles. The Hall–Kier alpha value is -1.88. The van der Waals surface area contributed by atoms with Crippen molar-refractivity contribution in [3.05, 3.63) is 35.2 Å². The van der Waals surface area contributed by atoms with Gasteiger partial charge in [-0.25, -0.2) is 4.79 Å². The Morgan fingerprint density at radius 3 is 2.53 bits per heavy atom. The zero-order chi connectivity index (χ0) is 10.8. The maximum Gasteiger partial charge on any atom is 0.394 e. The van der Waals surface area contributed by atoms with E-state index in [9.17, 15) is 4.79 Å². The molecule has 0 radical (unpaired) electrons. The van der Waals surface area contributed by atoms with Crippen LogP contribution in [-0.2, 0) is 0 Å². The summed E-state index contributed by atoms with van der Waals surface area (Å²) in [6, 6.07) is 6.68. The molecule has 0 fully saturated rings. The van der Waals surface area contributed by atoms with Crippen molar-refractivity contribution in [3.63, 3.8) is 0 Å². The van der Waals surface area contributed by atoms with Gasteiger partial charge in [0.2, 0.25) is 5.82 Å². The number of aromatic nitrogens is 2. The minimum atomic E-state index is -1.25. The van der Waals surface area contributed by atoms with Crippen molar-refractivity contribution in [2.45, 2.75) is 0 Å². The summed E-state index contributed by atoms with van der Waals surface area (Å²) >= 11 is 5.70. The number of carbonyl (C=O) groups is 1. The number of nitrogens with zero attached hydrogens (tertiary/aromatic N) is 2. The molecule has 0 bridgehead atoms. The van der Waals surface area contributed by atoms with Gasteiger partial charge in [0.15, 0.2) is 0 Å². The van der Waals surface area contributed by atoms with Gasteiger partial charge in [-0.15, -0.1) is 0 Å². The molecule has 2 rings (SSSR count). The van der Waals surface area contributed by atoms with Crippen LogP contribution in [0.25, 0.3) is 11.4 Å². The van der Waals surface area contributed by atoms with Gasteiger partial charge in [0.25, 0.3) is 0 Å². The van der Waals surface area contributed by atoms with Crippen molar-refractivity contribution in [3.8, 4) is 11.4 Å². The fourth-order valence-electron chi connectivity index (χ4n) is 1.03. The van der Waals surface area contributed by atoms with Crippen molar-refractivity contribution in [2.24, 2.45) is 0 Å². The fraction of sp³-hybridized carbons (Fsp3) is 0. The zero-order valence-electron chi connectivity index (χ0n) is 7.35. The minimum Gasteiger partial charge on any atom is -0.474 e. The van der Waals surface area contributed by atoms with Gasteiger partial charge in [0, 0.05) is 10.6 Å². The predicted molar refractivity (Wildman–Crippen MR) is 51.7 cm³/mol. The van der Waals surface area contributed by atoms with Crippen molar-refractivity contribution in [1.82, 2.24) is 10.1 Å². The van der Waals surface area contributed by atoms with Crippen molar-refractivity contribution < 1.29 is 14.4 Å². The number of aromatic carboxylic acids is 1. The quantitative estimate of drug-likeness (QED) is 0.845. The minimum absolute atomic E-state index is 0.226. The summed E-state index contributed by atoms with van der Waals surface area (Å²) < 4.78 is 4.52.